The number of hydrogen-bond acceptors (Lipinski definition) is 3. The van der Waals surface area contributed by atoms with E-state index in [1.807, 2.05) is 54.6 Å². The maximum Gasteiger partial charge on any atom is 0.119 e. The number of benzene rings is 2. The molecule has 3 nitrogen and oxygen atoms in total. The molecule has 2 aromatic carbocycles. The van der Waals surface area contributed by atoms with Crippen LogP contribution in [-0.2, 0) is 6.61 Å². The van der Waals surface area contributed by atoms with Gasteiger partial charge in [-0.2, -0.15) is 0 Å². The third-order valence-electron chi connectivity index (χ3n) is 2.97. The molecule has 0 aliphatic carbocycles. The predicted molar refractivity (Wildman–Crippen MR) is 75.8 cm³/mol. The normalized spacial score (nSPS) is 13.8. The van der Waals surface area contributed by atoms with Crippen molar-refractivity contribution in [1.29, 1.82) is 0 Å². The van der Waals surface area contributed by atoms with Crippen LogP contribution in [0.25, 0.3) is 0 Å². The number of aliphatic hydroxyl groups excluding tert-OH is 1. The summed E-state index contributed by atoms with van der Waals surface area (Å²) in [7, 11) is 0. The van der Waals surface area contributed by atoms with Gasteiger partial charge in [-0.25, -0.2) is 0 Å². The van der Waals surface area contributed by atoms with E-state index in [0.717, 1.165) is 16.9 Å². The molecule has 0 heterocycles. The van der Waals surface area contributed by atoms with E-state index in [9.17, 15) is 5.11 Å². The fraction of sp³-hybridized carbons (Fsp3) is 0.250. The minimum absolute atomic E-state index is 0.281. The summed E-state index contributed by atoms with van der Waals surface area (Å²) in [6, 6.07) is 17.1. The molecule has 0 saturated heterocycles. The molecule has 100 valence electrons. The van der Waals surface area contributed by atoms with Crippen LogP contribution in [0.3, 0.4) is 0 Å². The van der Waals surface area contributed by atoms with E-state index in [1.165, 1.54) is 0 Å². The lowest BCUT2D eigenvalue weighted by Crippen LogP contribution is -2.24. The molecule has 0 aromatic heterocycles. The van der Waals surface area contributed by atoms with Crippen LogP contribution in [0.4, 0.5) is 0 Å². The Balaban J connectivity index is 1.96. The van der Waals surface area contributed by atoms with Gasteiger partial charge in [0.1, 0.15) is 12.4 Å². The molecular weight excluding hydrogens is 238 g/mol. The average molecular weight is 257 g/mol. The zero-order chi connectivity index (χ0) is 13.7. The number of nitrogens with two attached hydrogens (primary N) is 1. The van der Waals surface area contributed by atoms with E-state index in [0.29, 0.717) is 6.61 Å². The van der Waals surface area contributed by atoms with Crippen molar-refractivity contribution < 1.29 is 9.84 Å². The standard InChI is InChI=1S/C16H19NO2/c1-12(17)16(18)14-7-9-15(10-8-14)19-11-13-5-3-2-4-6-13/h2-10,12,16,18H,11,17H2,1H3/t12-,16-/m0/s1. The Hall–Kier alpha value is -1.84. The average Bonchev–Trinajstić information content (AvgIpc) is 2.46. The van der Waals surface area contributed by atoms with Gasteiger partial charge in [-0.15, -0.1) is 0 Å². The molecule has 2 atom stereocenters. The first-order chi connectivity index (χ1) is 9.16. The van der Waals surface area contributed by atoms with Crippen molar-refractivity contribution in [3.05, 3.63) is 65.7 Å². The van der Waals surface area contributed by atoms with Gasteiger partial charge in [0.15, 0.2) is 0 Å². The van der Waals surface area contributed by atoms with Crippen LogP contribution in [0.15, 0.2) is 54.6 Å². The second kappa shape index (κ2) is 6.36. The van der Waals surface area contributed by atoms with Crippen LogP contribution in [0.5, 0.6) is 5.75 Å². The molecule has 0 aliphatic heterocycles. The van der Waals surface area contributed by atoms with Crippen molar-refractivity contribution >= 4 is 0 Å². The highest BCUT2D eigenvalue weighted by atomic mass is 16.5. The highest BCUT2D eigenvalue weighted by Gasteiger charge is 2.11. The summed E-state index contributed by atoms with van der Waals surface area (Å²) in [4.78, 5) is 0. The maximum absolute atomic E-state index is 9.83. The van der Waals surface area contributed by atoms with Crippen molar-refractivity contribution in [3.63, 3.8) is 0 Å². The summed E-state index contributed by atoms with van der Waals surface area (Å²) in [5, 5.41) is 9.83. The topological polar surface area (TPSA) is 55.5 Å². The quantitative estimate of drug-likeness (QED) is 0.865. The molecular formula is C16H19NO2. The van der Waals surface area contributed by atoms with E-state index < -0.39 is 6.10 Å². The molecule has 19 heavy (non-hydrogen) atoms. The second-order valence-corrected chi connectivity index (χ2v) is 4.65. The largest absolute Gasteiger partial charge is 0.489 e. The van der Waals surface area contributed by atoms with Gasteiger partial charge in [-0.3, -0.25) is 0 Å². The highest BCUT2D eigenvalue weighted by Crippen LogP contribution is 2.20. The summed E-state index contributed by atoms with van der Waals surface area (Å²) in [6.07, 6.45) is -0.636. The second-order valence-electron chi connectivity index (χ2n) is 4.65. The number of aliphatic hydroxyl groups is 1. The molecule has 0 aliphatic rings. The highest BCUT2D eigenvalue weighted by molar-refractivity contribution is 5.29. The van der Waals surface area contributed by atoms with Crippen molar-refractivity contribution in [2.75, 3.05) is 0 Å². The van der Waals surface area contributed by atoms with Crippen LogP contribution in [-0.4, -0.2) is 11.1 Å². The first-order valence-corrected chi connectivity index (χ1v) is 6.37. The lowest BCUT2D eigenvalue weighted by molar-refractivity contribution is 0.153. The Bertz CT molecular complexity index is 494. The monoisotopic (exact) mass is 257 g/mol. The lowest BCUT2D eigenvalue weighted by atomic mass is 10.0. The third-order valence-corrected chi connectivity index (χ3v) is 2.97. The van der Waals surface area contributed by atoms with E-state index in [2.05, 4.69) is 0 Å². The van der Waals surface area contributed by atoms with Gasteiger partial charge in [-0.05, 0) is 30.2 Å². The first kappa shape index (κ1) is 13.6. The summed E-state index contributed by atoms with van der Waals surface area (Å²) in [6.45, 7) is 2.32. The molecule has 0 fully saturated rings. The summed E-state index contributed by atoms with van der Waals surface area (Å²) in [5.41, 5.74) is 7.59. The third kappa shape index (κ3) is 3.81. The van der Waals surface area contributed by atoms with E-state index in [1.54, 1.807) is 6.92 Å². The Labute approximate surface area is 113 Å². The van der Waals surface area contributed by atoms with Crippen LogP contribution in [0, 0.1) is 0 Å². The summed E-state index contributed by atoms with van der Waals surface area (Å²) < 4.78 is 5.67. The molecule has 2 rings (SSSR count). The van der Waals surface area contributed by atoms with Gasteiger partial charge in [-0.1, -0.05) is 42.5 Å². The predicted octanol–water partition coefficient (Wildman–Crippen LogP) is 2.65. The molecule has 0 spiro atoms. The molecule has 0 unspecified atom stereocenters. The zero-order valence-corrected chi connectivity index (χ0v) is 11.0. The van der Waals surface area contributed by atoms with Crippen molar-refractivity contribution in [2.45, 2.75) is 25.7 Å². The fourth-order valence-electron chi connectivity index (χ4n) is 1.81. The smallest absolute Gasteiger partial charge is 0.119 e. The molecule has 0 radical (unpaired) electrons. The molecule has 3 heteroatoms. The zero-order valence-electron chi connectivity index (χ0n) is 11.0. The van der Waals surface area contributed by atoms with Gasteiger partial charge in [0.2, 0.25) is 0 Å². The number of ether oxygens (including phenoxy) is 1. The van der Waals surface area contributed by atoms with E-state index in [-0.39, 0.29) is 6.04 Å². The Morgan fingerprint density at radius 2 is 1.68 bits per heavy atom. The van der Waals surface area contributed by atoms with Gasteiger partial charge in [0.05, 0.1) is 6.10 Å². The molecule has 2 aromatic rings. The lowest BCUT2D eigenvalue weighted by Gasteiger charge is -2.15. The van der Waals surface area contributed by atoms with Gasteiger partial charge >= 0.3 is 0 Å². The van der Waals surface area contributed by atoms with Crippen LogP contribution < -0.4 is 10.5 Å². The first-order valence-electron chi connectivity index (χ1n) is 6.37. The van der Waals surface area contributed by atoms with Crippen LogP contribution in [0.1, 0.15) is 24.2 Å². The molecule has 0 amide bonds. The Morgan fingerprint density at radius 3 is 2.26 bits per heavy atom. The molecule has 0 saturated carbocycles. The fourth-order valence-corrected chi connectivity index (χ4v) is 1.81. The number of rotatable bonds is 5. The van der Waals surface area contributed by atoms with Crippen LogP contribution in [0.2, 0.25) is 0 Å². The Kier molecular flexibility index (Phi) is 4.55. The van der Waals surface area contributed by atoms with Crippen molar-refractivity contribution in [1.82, 2.24) is 0 Å². The number of hydrogen-bond donors (Lipinski definition) is 2. The maximum atomic E-state index is 9.83. The minimum atomic E-state index is -0.636. The molecule has 3 N–H and O–H groups in total. The van der Waals surface area contributed by atoms with Crippen molar-refractivity contribution in [3.8, 4) is 5.75 Å². The summed E-state index contributed by atoms with van der Waals surface area (Å²) in [5.74, 6) is 0.782. The van der Waals surface area contributed by atoms with Gasteiger partial charge in [0.25, 0.3) is 0 Å². The van der Waals surface area contributed by atoms with Crippen LogP contribution >= 0.6 is 0 Å². The SMILES string of the molecule is C[C@H](N)[C@H](O)c1ccc(OCc2ccccc2)cc1. The van der Waals surface area contributed by atoms with E-state index >= 15 is 0 Å². The minimum Gasteiger partial charge on any atom is -0.489 e. The van der Waals surface area contributed by atoms with Gasteiger partial charge in [0, 0.05) is 6.04 Å². The van der Waals surface area contributed by atoms with Crippen molar-refractivity contribution in [2.24, 2.45) is 5.73 Å². The van der Waals surface area contributed by atoms with E-state index in [4.69, 9.17) is 10.5 Å². The van der Waals surface area contributed by atoms with Gasteiger partial charge < -0.3 is 15.6 Å². The molecule has 0 bridgehead atoms. The summed E-state index contributed by atoms with van der Waals surface area (Å²) >= 11 is 0. The Morgan fingerprint density at radius 1 is 1.05 bits per heavy atom.